The number of para-hydroxylation sites is 1. The van der Waals surface area contributed by atoms with Gasteiger partial charge in [-0.2, -0.15) is 0 Å². The highest BCUT2D eigenvalue weighted by Crippen LogP contribution is 2.31. The van der Waals surface area contributed by atoms with Crippen LogP contribution in [0.4, 0.5) is 5.82 Å². The number of hydrazine groups is 1. The van der Waals surface area contributed by atoms with Crippen molar-refractivity contribution in [1.29, 1.82) is 0 Å². The summed E-state index contributed by atoms with van der Waals surface area (Å²) >= 11 is 1.44. The monoisotopic (exact) mass is 493 g/mol. The second-order valence-corrected chi connectivity index (χ2v) is 9.97. The minimum Gasteiger partial charge on any atom is -0.383 e. The third-order valence-electron chi connectivity index (χ3n) is 6.82. The van der Waals surface area contributed by atoms with Gasteiger partial charge in [-0.05, 0) is 37.1 Å². The summed E-state index contributed by atoms with van der Waals surface area (Å²) in [4.78, 5) is 35.0. The minimum atomic E-state index is -0.388. The third-order valence-corrected chi connectivity index (χ3v) is 7.96. The first-order chi connectivity index (χ1) is 17.2. The van der Waals surface area contributed by atoms with Crippen molar-refractivity contribution < 1.29 is 14.3 Å². The van der Waals surface area contributed by atoms with Crippen LogP contribution >= 0.6 is 11.3 Å². The lowest BCUT2D eigenvalue weighted by Crippen LogP contribution is -2.47. The summed E-state index contributed by atoms with van der Waals surface area (Å²) < 4.78 is 13.8. The molecule has 2 aliphatic rings. The molecule has 0 bridgehead atoms. The Hall–Kier alpha value is -3.05. The summed E-state index contributed by atoms with van der Waals surface area (Å²) in [6.07, 6.45) is 1.91. The zero-order valence-corrected chi connectivity index (χ0v) is 20.3. The molecule has 1 amide bonds. The van der Waals surface area contributed by atoms with Crippen molar-refractivity contribution in [3.8, 4) is 0 Å². The minimum absolute atomic E-state index is 0.0998. The Morgan fingerprint density at radius 2 is 2.03 bits per heavy atom. The van der Waals surface area contributed by atoms with E-state index in [2.05, 4.69) is 10.3 Å². The highest BCUT2D eigenvalue weighted by Gasteiger charge is 2.29. The standard InChI is InChI=1S/C25H27N5O4S/c1-33-15-16-5-4-10-29(16)27-24(32)21-22(31)17-8-9-20(28-11-13-34-14-12-28)26-23(17)30-18-6-2-3-7-19(18)35-25(21)30/h2-3,6-9,16H,4-5,10-15H2,1H3,(H,27,32)/t16-/m1/s1. The van der Waals surface area contributed by atoms with E-state index in [1.54, 1.807) is 13.2 Å². The van der Waals surface area contributed by atoms with E-state index in [4.69, 9.17) is 14.5 Å². The first kappa shape index (κ1) is 22.4. The van der Waals surface area contributed by atoms with Gasteiger partial charge in [0, 0.05) is 26.7 Å². The smallest absolute Gasteiger partial charge is 0.272 e. The van der Waals surface area contributed by atoms with E-state index in [1.807, 2.05) is 39.7 Å². The quantitative estimate of drug-likeness (QED) is 0.457. The van der Waals surface area contributed by atoms with Gasteiger partial charge in [0.05, 0.1) is 41.5 Å². The van der Waals surface area contributed by atoms with Crippen molar-refractivity contribution in [2.24, 2.45) is 0 Å². The number of ether oxygens (including phenoxy) is 2. The summed E-state index contributed by atoms with van der Waals surface area (Å²) in [5.74, 6) is 0.419. The normalized spacial score (nSPS) is 19.2. The van der Waals surface area contributed by atoms with Crippen LogP contribution in [0.2, 0.25) is 0 Å². The zero-order valence-electron chi connectivity index (χ0n) is 19.5. The van der Waals surface area contributed by atoms with Crippen LogP contribution in [-0.2, 0) is 9.47 Å². The van der Waals surface area contributed by atoms with E-state index in [0.29, 0.717) is 35.7 Å². The first-order valence-corrected chi connectivity index (χ1v) is 12.7. The SMILES string of the molecule is COC[C@H]1CCCN1NC(=O)c1c(=O)c2ccc(N3CCOCC3)nc2n2c1sc1ccccc12. The van der Waals surface area contributed by atoms with Crippen LogP contribution in [0.1, 0.15) is 23.2 Å². The largest absolute Gasteiger partial charge is 0.383 e. The Labute approximate surface area is 205 Å². The highest BCUT2D eigenvalue weighted by molar-refractivity contribution is 7.24. The number of hydrogen-bond donors (Lipinski definition) is 1. The van der Waals surface area contributed by atoms with Crippen LogP contribution in [0, 0.1) is 0 Å². The predicted octanol–water partition coefficient (Wildman–Crippen LogP) is 2.65. The number of methoxy groups -OCH3 is 1. The number of carbonyl (C=O) groups excluding carboxylic acids is 1. The van der Waals surface area contributed by atoms with Crippen molar-refractivity contribution >= 4 is 49.1 Å². The van der Waals surface area contributed by atoms with Gasteiger partial charge < -0.3 is 14.4 Å². The Kier molecular flexibility index (Phi) is 5.89. The molecule has 0 radical (unpaired) electrons. The molecule has 6 rings (SSSR count). The molecular weight excluding hydrogens is 466 g/mol. The van der Waals surface area contributed by atoms with Crippen LogP contribution in [0.3, 0.4) is 0 Å². The van der Waals surface area contributed by atoms with Crippen LogP contribution in [0.5, 0.6) is 0 Å². The maximum absolute atomic E-state index is 13.7. The molecular formula is C25H27N5O4S. The molecule has 2 saturated heterocycles. The number of hydrogen-bond acceptors (Lipinski definition) is 8. The maximum atomic E-state index is 13.7. The van der Waals surface area contributed by atoms with Crippen LogP contribution in [0.15, 0.2) is 41.2 Å². The molecule has 2 fully saturated rings. The van der Waals surface area contributed by atoms with E-state index in [9.17, 15) is 9.59 Å². The Balaban J connectivity index is 1.53. The number of pyridine rings is 2. The molecule has 182 valence electrons. The molecule has 4 aromatic rings. The molecule has 2 aliphatic heterocycles. The van der Waals surface area contributed by atoms with Crippen molar-refractivity contribution in [3.05, 3.63) is 52.2 Å². The summed E-state index contributed by atoms with van der Waals surface area (Å²) in [7, 11) is 1.66. The molecule has 1 N–H and O–H groups in total. The van der Waals surface area contributed by atoms with E-state index in [-0.39, 0.29) is 22.9 Å². The van der Waals surface area contributed by atoms with Gasteiger partial charge in [-0.15, -0.1) is 11.3 Å². The van der Waals surface area contributed by atoms with Gasteiger partial charge in [0.25, 0.3) is 5.91 Å². The molecule has 1 aromatic carbocycles. The number of morpholine rings is 1. The number of benzene rings is 1. The summed E-state index contributed by atoms with van der Waals surface area (Å²) in [5.41, 5.74) is 4.36. The Morgan fingerprint density at radius 1 is 1.20 bits per heavy atom. The number of anilines is 1. The van der Waals surface area contributed by atoms with Gasteiger partial charge in [0.1, 0.15) is 16.2 Å². The number of nitrogens with zero attached hydrogens (tertiary/aromatic N) is 4. The molecule has 35 heavy (non-hydrogen) atoms. The molecule has 0 unspecified atom stereocenters. The van der Waals surface area contributed by atoms with Gasteiger partial charge in [-0.25, -0.2) is 9.99 Å². The second-order valence-electron chi connectivity index (χ2n) is 8.94. The number of nitrogens with one attached hydrogen (secondary N) is 1. The lowest BCUT2D eigenvalue weighted by Gasteiger charge is -2.28. The number of fused-ring (bicyclic) bond motifs is 5. The molecule has 9 nitrogen and oxygen atoms in total. The fourth-order valence-corrected chi connectivity index (χ4v) is 6.26. The van der Waals surface area contributed by atoms with Gasteiger partial charge >= 0.3 is 0 Å². The molecule has 1 atom stereocenters. The van der Waals surface area contributed by atoms with Gasteiger partial charge in [0.2, 0.25) is 5.43 Å². The maximum Gasteiger partial charge on any atom is 0.272 e. The van der Waals surface area contributed by atoms with Crippen molar-refractivity contribution in [2.75, 3.05) is 51.5 Å². The van der Waals surface area contributed by atoms with E-state index in [0.717, 1.165) is 48.5 Å². The molecule has 10 heteroatoms. The van der Waals surface area contributed by atoms with Crippen molar-refractivity contribution in [3.63, 3.8) is 0 Å². The summed E-state index contributed by atoms with van der Waals surface area (Å²) in [6.45, 7) is 4.06. The number of amides is 1. The van der Waals surface area contributed by atoms with Crippen LogP contribution < -0.4 is 15.8 Å². The molecule has 0 saturated carbocycles. The average Bonchev–Trinajstić information content (AvgIpc) is 3.49. The van der Waals surface area contributed by atoms with Gasteiger partial charge in [-0.1, -0.05) is 12.1 Å². The number of rotatable bonds is 5. The number of carbonyl (C=O) groups is 1. The molecule has 0 aliphatic carbocycles. The number of aromatic nitrogens is 2. The summed E-state index contributed by atoms with van der Waals surface area (Å²) in [6, 6.07) is 11.7. The van der Waals surface area contributed by atoms with Crippen molar-refractivity contribution in [1.82, 2.24) is 19.8 Å². The van der Waals surface area contributed by atoms with Crippen LogP contribution in [0.25, 0.3) is 26.1 Å². The zero-order chi connectivity index (χ0) is 23.9. The van der Waals surface area contributed by atoms with Crippen LogP contribution in [-0.4, -0.2) is 72.9 Å². The molecule has 3 aromatic heterocycles. The number of thiazole rings is 1. The Morgan fingerprint density at radius 3 is 2.86 bits per heavy atom. The van der Waals surface area contributed by atoms with E-state index in [1.165, 1.54) is 11.3 Å². The van der Waals surface area contributed by atoms with E-state index >= 15 is 0 Å². The lowest BCUT2D eigenvalue weighted by molar-refractivity contribution is 0.0612. The first-order valence-electron chi connectivity index (χ1n) is 11.9. The fraction of sp³-hybridized carbons (Fsp3) is 0.400. The Bertz CT molecular complexity index is 1480. The topological polar surface area (TPSA) is 88.4 Å². The second kappa shape index (κ2) is 9.19. The van der Waals surface area contributed by atoms with Gasteiger partial charge in [0.15, 0.2) is 5.65 Å². The fourth-order valence-electron chi connectivity index (χ4n) is 5.08. The average molecular weight is 494 g/mol. The third kappa shape index (κ3) is 3.86. The van der Waals surface area contributed by atoms with E-state index < -0.39 is 0 Å². The summed E-state index contributed by atoms with van der Waals surface area (Å²) in [5, 5.41) is 2.34. The molecule has 5 heterocycles. The highest BCUT2D eigenvalue weighted by atomic mass is 32.1. The lowest BCUT2D eigenvalue weighted by atomic mass is 10.1. The van der Waals surface area contributed by atoms with Crippen molar-refractivity contribution in [2.45, 2.75) is 18.9 Å². The predicted molar refractivity (Wildman–Crippen MR) is 136 cm³/mol. The van der Waals surface area contributed by atoms with Gasteiger partial charge in [-0.3, -0.25) is 19.4 Å². The molecule has 0 spiro atoms.